The second-order valence-corrected chi connectivity index (χ2v) is 7.09. The molecule has 1 amide bonds. The van der Waals surface area contributed by atoms with Crippen LogP contribution in [0.15, 0.2) is 42.5 Å². The zero-order chi connectivity index (χ0) is 20.9. The quantitative estimate of drug-likeness (QED) is 0.461. The van der Waals surface area contributed by atoms with Crippen molar-refractivity contribution in [2.75, 3.05) is 19.0 Å². The van der Waals surface area contributed by atoms with Crippen LogP contribution in [0.5, 0.6) is 5.75 Å². The minimum atomic E-state index is -0.750. The van der Waals surface area contributed by atoms with Crippen LogP contribution in [0, 0.1) is 10.1 Å². The summed E-state index contributed by atoms with van der Waals surface area (Å²) < 4.78 is 10.2. The number of non-ortho nitro benzene ring substituents is 1. The Balaban J connectivity index is 2.02. The molecule has 0 aliphatic heterocycles. The molecule has 1 N–H and O–H groups in total. The van der Waals surface area contributed by atoms with E-state index in [0.717, 1.165) is 5.56 Å². The molecule has 0 aliphatic carbocycles. The van der Waals surface area contributed by atoms with Crippen molar-refractivity contribution in [1.29, 1.82) is 0 Å². The number of ether oxygens (including phenoxy) is 2. The van der Waals surface area contributed by atoms with Gasteiger partial charge in [0, 0.05) is 12.1 Å². The van der Waals surface area contributed by atoms with E-state index in [-0.39, 0.29) is 16.7 Å². The van der Waals surface area contributed by atoms with Crippen molar-refractivity contribution in [3.05, 3.63) is 63.7 Å². The van der Waals surface area contributed by atoms with Crippen LogP contribution in [0.25, 0.3) is 0 Å². The number of hydrogen-bond acceptors (Lipinski definition) is 6. The van der Waals surface area contributed by atoms with Gasteiger partial charge in [-0.25, -0.2) is 4.79 Å². The third-order valence-corrected chi connectivity index (χ3v) is 3.99. The van der Waals surface area contributed by atoms with E-state index < -0.39 is 23.4 Å². The number of carbonyl (C=O) groups excluding carboxylic acids is 2. The molecule has 0 unspecified atom stereocenters. The van der Waals surface area contributed by atoms with Crippen molar-refractivity contribution in [2.24, 2.45) is 0 Å². The fraction of sp³-hybridized carbons (Fsp3) is 0.300. The van der Waals surface area contributed by atoms with E-state index in [4.69, 9.17) is 9.47 Å². The van der Waals surface area contributed by atoms with Crippen LogP contribution >= 0.6 is 0 Å². The Kier molecular flexibility index (Phi) is 6.35. The number of nitro groups is 1. The summed E-state index contributed by atoms with van der Waals surface area (Å²) in [5.74, 6) is -0.789. The van der Waals surface area contributed by atoms with Gasteiger partial charge < -0.3 is 14.8 Å². The van der Waals surface area contributed by atoms with Crippen molar-refractivity contribution in [3.63, 3.8) is 0 Å². The Hall–Kier alpha value is -3.42. The number of methoxy groups -OCH3 is 1. The Bertz CT molecular complexity index is 885. The molecule has 2 aromatic carbocycles. The van der Waals surface area contributed by atoms with Crippen LogP contribution in [0.3, 0.4) is 0 Å². The van der Waals surface area contributed by atoms with Crippen molar-refractivity contribution in [2.45, 2.75) is 26.2 Å². The number of esters is 1. The molecule has 2 rings (SSSR count). The number of nitrogens with one attached hydrogen (secondary N) is 1. The number of anilines is 1. The van der Waals surface area contributed by atoms with Crippen molar-refractivity contribution < 1.29 is 24.0 Å². The molecule has 0 spiro atoms. The van der Waals surface area contributed by atoms with Gasteiger partial charge in [0.2, 0.25) is 0 Å². The van der Waals surface area contributed by atoms with Crippen molar-refractivity contribution in [1.82, 2.24) is 0 Å². The summed E-state index contributed by atoms with van der Waals surface area (Å²) in [5, 5.41) is 13.3. The molecule has 28 heavy (non-hydrogen) atoms. The average molecular weight is 386 g/mol. The predicted molar refractivity (Wildman–Crippen MR) is 104 cm³/mol. The lowest BCUT2D eigenvalue weighted by atomic mass is 9.87. The van der Waals surface area contributed by atoms with E-state index in [1.165, 1.54) is 31.4 Å². The second-order valence-electron chi connectivity index (χ2n) is 7.09. The molecular weight excluding hydrogens is 364 g/mol. The summed E-state index contributed by atoms with van der Waals surface area (Å²) in [5.41, 5.74) is 1.34. The zero-order valence-corrected chi connectivity index (χ0v) is 16.1. The van der Waals surface area contributed by atoms with Gasteiger partial charge in [-0.15, -0.1) is 0 Å². The summed E-state index contributed by atoms with van der Waals surface area (Å²) in [6.07, 6.45) is 0. The number of nitrogens with zero attached hydrogens (tertiary/aromatic N) is 1. The summed E-state index contributed by atoms with van der Waals surface area (Å²) in [4.78, 5) is 34.2. The van der Waals surface area contributed by atoms with Gasteiger partial charge >= 0.3 is 5.97 Å². The largest absolute Gasteiger partial charge is 0.495 e. The summed E-state index contributed by atoms with van der Waals surface area (Å²) >= 11 is 0. The van der Waals surface area contributed by atoms with Gasteiger partial charge in [0.25, 0.3) is 11.6 Å². The van der Waals surface area contributed by atoms with Gasteiger partial charge in [-0.05, 0) is 35.2 Å². The van der Waals surface area contributed by atoms with E-state index in [1.807, 2.05) is 32.9 Å². The Morgan fingerprint density at radius 1 is 1.11 bits per heavy atom. The summed E-state index contributed by atoms with van der Waals surface area (Å²) in [6.45, 7) is 5.64. The standard InChI is InChI=1S/C20H22N2O6/c1-20(2,3)14-7-10-17(27-4)16(11-14)21-18(23)12-28-19(24)13-5-8-15(9-6-13)22(25)26/h5-11H,12H2,1-4H3,(H,21,23). The van der Waals surface area contributed by atoms with Gasteiger partial charge in [-0.2, -0.15) is 0 Å². The summed E-state index contributed by atoms with van der Waals surface area (Å²) in [6, 6.07) is 10.4. The van der Waals surface area contributed by atoms with E-state index in [2.05, 4.69) is 5.32 Å². The first-order valence-electron chi connectivity index (χ1n) is 8.52. The van der Waals surface area contributed by atoms with E-state index in [1.54, 1.807) is 6.07 Å². The number of amides is 1. The molecular formula is C20H22N2O6. The molecule has 2 aromatic rings. The Morgan fingerprint density at radius 3 is 2.29 bits per heavy atom. The van der Waals surface area contributed by atoms with Gasteiger partial charge in [0.1, 0.15) is 5.75 Å². The lowest BCUT2D eigenvalue weighted by Gasteiger charge is -2.21. The first-order valence-corrected chi connectivity index (χ1v) is 8.52. The normalized spacial score (nSPS) is 10.9. The van der Waals surface area contributed by atoms with Gasteiger partial charge in [-0.3, -0.25) is 14.9 Å². The summed E-state index contributed by atoms with van der Waals surface area (Å²) in [7, 11) is 1.50. The number of carbonyl (C=O) groups is 2. The highest BCUT2D eigenvalue weighted by Gasteiger charge is 2.18. The molecule has 8 nitrogen and oxygen atoms in total. The molecule has 0 aliphatic rings. The third-order valence-electron chi connectivity index (χ3n) is 3.99. The van der Waals surface area contributed by atoms with E-state index in [9.17, 15) is 19.7 Å². The average Bonchev–Trinajstić information content (AvgIpc) is 2.65. The monoisotopic (exact) mass is 386 g/mol. The van der Waals surface area contributed by atoms with Crippen LogP contribution in [-0.4, -0.2) is 30.5 Å². The number of hydrogen-bond donors (Lipinski definition) is 1. The maximum atomic E-state index is 12.2. The molecule has 0 aromatic heterocycles. The molecule has 8 heteroatoms. The van der Waals surface area contributed by atoms with Gasteiger partial charge in [0.15, 0.2) is 6.61 Å². The molecule has 0 radical (unpaired) electrons. The maximum absolute atomic E-state index is 12.2. The van der Waals surface area contributed by atoms with Crippen LogP contribution in [-0.2, 0) is 14.9 Å². The van der Waals surface area contributed by atoms with Crippen LogP contribution in [0.4, 0.5) is 11.4 Å². The van der Waals surface area contributed by atoms with Crippen LogP contribution in [0.2, 0.25) is 0 Å². The minimum Gasteiger partial charge on any atom is -0.495 e. The van der Waals surface area contributed by atoms with Gasteiger partial charge in [0.05, 0.1) is 23.3 Å². The second kappa shape index (κ2) is 8.51. The molecule has 0 fully saturated rings. The topological polar surface area (TPSA) is 108 Å². The molecule has 0 heterocycles. The zero-order valence-electron chi connectivity index (χ0n) is 16.1. The van der Waals surface area contributed by atoms with Crippen LogP contribution < -0.4 is 10.1 Å². The lowest BCUT2D eigenvalue weighted by molar-refractivity contribution is -0.384. The van der Waals surface area contributed by atoms with Crippen molar-refractivity contribution in [3.8, 4) is 5.75 Å². The minimum absolute atomic E-state index is 0.116. The molecule has 0 bridgehead atoms. The molecule has 148 valence electrons. The highest BCUT2D eigenvalue weighted by Crippen LogP contribution is 2.31. The maximum Gasteiger partial charge on any atom is 0.338 e. The highest BCUT2D eigenvalue weighted by atomic mass is 16.6. The lowest BCUT2D eigenvalue weighted by Crippen LogP contribution is -2.22. The number of benzene rings is 2. The molecule has 0 saturated carbocycles. The fourth-order valence-electron chi connectivity index (χ4n) is 2.39. The molecule has 0 atom stereocenters. The number of rotatable bonds is 6. The molecule has 0 saturated heterocycles. The Labute approximate surface area is 162 Å². The Morgan fingerprint density at radius 2 is 1.75 bits per heavy atom. The first kappa shape index (κ1) is 20.9. The highest BCUT2D eigenvalue weighted by molar-refractivity contribution is 5.96. The smallest absolute Gasteiger partial charge is 0.338 e. The van der Waals surface area contributed by atoms with E-state index >= 15 is 0 Å². The first-order chi connectivity index (χ1) is 13.1. The van der Waals surface area contributed by atoms with Crippen molar-refractivity contribution >= 4 is 23.3 Å². The van der Waals surface area contributed by atoms with Gasteiger partial charge in [-0.1, -0.05) is 26.8 Å². The van der Waals surface area contributed by atoms with Crippen LogP contribution in [0.1, 0.15) is 36.7 Å². The van der Waals surface area contributed by atoms with E-state index in [0.29, 0.717) is 11.4 Å². The predicted octanol–water partition coefficient (Wildman–Crippen LogP) is 3.70. The fourth-order valence-corrected chi connectivity index (χ4v) is 2.39. The third kappa shape index (κ3) is 5.29. The SMILES string of the molecule is COc1ccc(C(C)(C)C)cc1NC(=O)COC(=O)c1ccc([N+](=O)[O-])cc1. The number of nitro benzene ring substituents is 1.